The van der Waals surface area contributed by atoms with E-state index in [1.54, 1.807) is 6.20 Å². The van der Waals surface area contributed by atoms with Crippen molar-refractivity contribution in [1.29, 1.82) is 0 Å². The lowest BCUT2D eigenvalue weighted by Crippen LogP contribution is -2.31. The van der Waals surface area contributed by atoms with E-state index in [0.717, 1.165) is 46.8 Å². The van der Waals surface area contributed by atoms with Crippen molar-refractivity contribution in [1.82, 2.24) is 4.98 Å². The molecule has 0 unspecified atom stereocenters. The Morgan fingerprint density at radius 1 is 1.11 bits per heavy atom. The van der Waals surface area contributed by atoms with Crippen molar-refractivity contribution >= 4 is 26.7 Å². The third-order valence-electron chi connectivity index (χ3n) is 3.71. The van der Waals surface area contributed by atoms with E-state index in [1.807, 2.05) is 18.2 Å². The minimum Gasteiger partial charge on any atom is -0.474 e. The normalized spacial score (nSPS) is 23.5. The van der Waals surface area contributed by atoms with Gasteiger partial charge in [-0.05, 0) is 43.9 Å². The number of aromatic nitrogens is 1. The molecule has 100 valence electrons. The summed E-state index contributed by atoms with van der Waals surface area (Å²) < 4.78 is 7.16. The summed E-state index contributed by atoms with van der Waals surface area (Å²) in [4.78, 5) is 4.39. The third kappa shape index (κ3) is 2.74. The molecule has 3 nitrogen and oxygen atoms in total. The number of rotatable bonds is 2. The number of halogens is 1. The van der Waals surface area contributed by atoms with Gasteiger partial charge in [0.1, 0.15) is 6.10 Å². The number of fused-ring (bicyclic) bond motifs is 1. The fraction of sp³-hybridized carbons (Fsp3) is 0.400. The van der Waals surface area contributed by atoms with Crippen molar-refractivity contribution in [3.05, 3.63) is 34.9 Å². The Morgan fingerprint density at radius 2 is 1.89 bits per heavy atom. The Kier molecular flexibility index (Phi) is 3.71. The van der Waals surface area contributed by atoms with E-state index in [2.05, 4.69) is 27.0 Å². The lowest BCUT2D eigenvalue weighted by Gasteiger charge is -2.26. The van der Waals surface area contributed by atoms with Crippen LogP contribution in [0.4, 0.5) is 0 Å². The van der Waals surface area contributed by atoms with E-state index >= 15 is 0 Å². The molecule has 1 saturated carbocycles. The topological polar surface area (TPSA) is 48.1 Å². The fourth-order valence-electron chi connectivity index (χ4n) is 2.60. The van der Waals surface area contributed by atoms with Gasteiger partial charge in [0.15, 0.2) is 0 Å². The lowest BCUT2D eigenvalue weighted by molar-refractivity contribution is 0.143. The highest BCUT2D eigenvalue weighted by molar-refractivity contribution is 9.10. The van der Waals surface area contributed by atoms with Crippen molar-refractivity contribution in [3.63, 3.8) is 0 Å². The number of hydrogen-bond donors (Lipinski definition) is 1. The minimum absolute atomic E-state index is 0.247. The minimum atomic E-state index is 0.247. The van der Waals surface area contributed by atoms with Crippen LogP contribution in [-0.2, 0) is 0 Å². The van der Waals surface area contributed by atoms with Crippen molar-refractivity contribution in [3.8, 4) is 5.88 Å². The molecule has 2 aromatic rings. The van der Waals surface area contributed by atoms with Gasteiger partial charge in [0.2, 0.25) is 5.88 Å². The largest absolute Gasteiger partial charge is 0.474 e. The Bertz CT molecular complexity index is 579. The summed E-state index contributed by atoms with van der Waals surface area (Å²) in [5.41, 5.74) is 5.92. The summed E-state index contributed by atoms with van der Waals surface area (Å²) >= 11 is 3.56. The van der Waals surface area contributed by atoms with Gasteiger partial charge in [-0.2, -0.15) is 0 Å². The predicted molar refractivity (Wildman–Crippen MR) is 80.3 cm³/mol. The first-order valence-corrected chi connectivity index (χ1v) is 7.49. The van der Waals surface area contributed by atoms with Crippen LogP contribution in [0, 0.1) is 0 Å². The van der Waals surface area contributed by atoms with Crippen molar-refractivity contribution in [2.75, 3.05) is 0 Å². The van der Waals surface area contributed by atoms with Crippen LogP contribution >= 0.6 is 15.9 Å². The lowest BCUT2D eigenvalue weighted by atomic mass is 9.94. The van der Waals surface area contributed by atoms with Gasteiger partial charge in [-0.1, -0.05) is 22.0 Å². The van der Waals surface area contributed by atoms with Gasteiger partial charge < -0.3 is 10.5 Å². The van der Waals surface area contributed by atoms with E-state index < -0.39 is 0 Å². The van der Waals surface area contributed by atoms with Crippen LogP contribution in [0.1, 0.15) is 25.7 Å². The summed E-state index contributed by atoms with van der Waals surface area (Å²) in [6, 6.07) is 8.44. The van der Waals surface area contributed by atoms with Crippen LogP contribution in [-0.4, -0.2) is 17.1 Å². The van der Waals surface area contributed by atoms with Crippen molar-refractivity contribution < 1.29 is 4.74 Å². The van der Waals surface area contributed by atoms with E-state index in [1.165, 1.54) is 0 Å². The summed E-state index contributed by atoms with van der Waals surface area (Å²) in [5.74, 6) is 0.735. The first kappa shape index (κ1) is 12.9. The molecule has 1 fully saturated rings. The zero-order valence-corrected chi connectivity index (χ0v) is 12.3. The van der Waals surface area contributed by atoms with Gasteiger partial charge in [-0.3, -0.25) is 0 Å². The maximum absolute atomic E-state index is 6.08. The van der Waals surface area contributed by atoms with Gasteiger partial charge in [0.25, 0.3) is 0 Å². The van der Waals surface area contributed by atoms with Crippen LogP contribution < -0.4 is 10.5 Å². The summed E-state index contributed by atoms with van der Waals surface area (Å²) in [5, 5.41) is 2.20. The van der Waals surface area contributed by atoms with Gasteiger partial charge >= 0.3 is 0 Å². The van der Waals surface area contributed by atoms with Crippen LogP contribution in [0.2, 0.25) is 0 Å². The highest BCUT2D eigenvalue weighted by Gasteiger charge is 2.21. The fourth-order valence-corrected chi connectivity index (χ4v) is 3.10. The molecular formula is C15H17BrN2O. The van der Waals surface area contributed by atoms with Crippen molar-refractivity contribution in [2.24, 2.45) is 5.73 Å². The Hall–Kier alpha value is -1.13. The first-order valence-electron chi connectivity index (χ1n) is 6.69. The van der Waals surface area contributed by atoms with E-state index in [4.69, 9.17) is 10.5 Å². The van der Waals surface area contributed by atoms with Crippen LogP contribution in [0.5, 0.6) is 5.88 Å². The molecule has 0 saturated heterocycles. The maximum atomic E-state index is 6.08. The van der Waals surface area contributed by atoms with Gasteiger partial charge in [0, 0.05) is 27.5 Å². The number of hydrogen-bond acceptors (Lipinski definition) is 3. The molecule has 4 heteroatoms. The standard InChI is InChI=1S/C15H17BrN2O/c16-14-3-1-2-13-12(14)8-9-18-15(13)19-11-6-4-10(17)5-7-11/h1-3,8-11H,4-7,17H2. The maximum Gasteiger partial charge on any atom is 0.221 e. The van der Waals surface area contributed by atoms with E-state index in [9.17, 15) is 0 Å². The summed E-state index contributed by atoms with van der Waals surface area (Å²) in [6.45, 7) is 0. The number of ether oxygens (including phenoxy) is 1. The average Bonchev–Trinajstić information content (AvgIpc) is 2.43. The smallest absolute Gasteiger partial charge is 0.221 e. The van der Waals surface area contributed by atoms with Crippen molar-refractivity contribution in [2.45, 2.75) is 37.8 Å². The first-order chi connectivity index (χ1) is 9.24. The van der Waals surface area contributed by atoms with Crippen LogP contribution in [0.15, 0.2) is 34.9 Å². The molecule has 0 amide bonds. The van der Waals surface area contributed by atoms with Crippen LogP contribution in [0.25, 0.3) is 10.8 Å². The Labute approximate surface area is 121 Å². The highest BCUT2D eigenvalue weighted by Crippen LogP contribution is 2.31. The molecule has 2 N–H and O–H groups in total. The molecule has 0 bridgehead atoms. The molecule has 1 aliphatic rings. The molecule has 0 aliphatic heterocycles. The van der Waals surface area contributed by atoms with Gasteiger partial charge in [0.05, 0.1) is 0 Å². The molecule has 1 heterocycles. The molecule has 0 radical (unpaired) electrons. The van der Waals surface area contributed by atoms with Gasteiger partial charge in [-0.25, -0.2) is 4.98 Å². The second-order valence-electron chi connectivity index (χ2n) is 5.11. The van der Waals surface area contributed by atoms with Gasteiger partial charge in [-0.15, -0.1) is 0 Å². The molecule has 1 aliphatic carbocycles. The van der Waals surface area contributed by atoms with Crippen LogP contribution in [0.3, 0.4) is 0 Å². The molecule has 1 aromatic carbocycles. The monoisotopic (exact) mass is 320 g/mol. The molecule has 1 aromatic heterocycles. The summed E-state index contributed by atoms with van der Waals surface area (Å²) in [7, 11) is 0. The zero-order chi connectivity index (χ0) is 13.2. The molecule has 0 atom stereocenters. The second kappa shape index (κ2) is 5.47. The molecular weight excluding hydrogens is 304 g/mol. The number of pyridine rings is 1. The van der Waals surface area contributed by atoms with E-state index in [-0.39, 0.29) is 6.10 Å². The Morgan fingerprint density at radius 3 is 2.68 bits per heavy atom. The SMILES string of the molecule is NC1CCC(Oc2nccc3c(Br)cccc23)CC1. The zero-order valence-electron chi connectivity index (χ0n) is 10.7. The average molecular weight is 321 g/mol. The number of benzene rings is 1. The van der Waals surface area contributed by atoms with E-state index in [0.29, 0.717) is 6.04 Å². The molecule has 3 rings (SSSR count). The quantitative estimate of drug-likeness (QED) is 0.918. The highest BCUT2D eigenvalue weighted by atomic mass is 79.9. The molecule has 0 spiro atoms. The third-order valence-corrected chi connectivity index (χ3v) is 4.40. The summed E-state index contributed by atoms with van der Waals surface area (Å²) in [6.07, 6.45) is 6.17. The molecule has 19 heavy (non-hydrogen) atoms. The predicted octanol–water partition coefficient (Wildman–Crippen LogP) is 3.65. The second-order valence-corrected chi connectivity index (χ2v) is 5.96. The number of nitrogens with two attached hydrogens (primary N) is 1. The number of nitrogens with zero attached hydrogens (tertiary/aromatic N) is 1. The Balaban J connectivity index is 1.87.